The molecule has 1 aliphatic carbocycles. The lowest BCUT2D eigenvalue weighted by Gasteiger charge is -2.40. The summed E-state index contributed by atoms with van der Waals surface area (Å²) in [4.78, 5) is 17.3. The number of likely N-dealkylation sites (tertiary alicyclic amines) is 1. The largest absolute Gasteiger partial charge is 0.468 e. The second-order valence-electron chi connectivity index (χ2n) is 7.87. The summed E-state index contributed by atoms with van der Waals surface area (Å²) in [7, 11) is 6.09. The van der Waals surface area contributed by atoms with Gasteiger partial charge in [-0.3, -0.25) is 14.4 Å². The van der Waals surface area contributed by atoms with Crippen molar-refractivity contribution in [3.05, 3.63) is 41.6 Å². The van der Waals surface area contributed by atoms with Crippen molar-refractivity contribution < 1.29 is 9.21 Å². The lowest BCUT2D eigenvalue weighted by atomic mass is 9.86. The molecule has 0 unspecified atom stereocenters. The number of aryl methyl sites for hydroxylation is 1. The molecule has 2 aromatic heterocycles. The third-order valence-corrected chi connectivity index (χ3v) is 5.90. The zero-order chi connectivity index (χ0) is 18.3. The van der Waals surface area contributed by atoms with Crippen LogP contribution in [0.4, 0.5) is 0 Å². The van der Waals surface area contributed by atoms with E-state index < -0.39 is 0 Å². The van der Waals surface area contributed by atoms with Gasteiger partial charge in [0.15, 0.2) is 0 Å². The quantitative estimate of drug-likeness (QED) is 0.826. The first-order valence-electron chi connectivity index (χ1n) is 9.57. The van der Waals surface area contributed by atoms with Gasteiger partial charge in [0.05, 0.1) is 23.6 Å². The Bertz CT molecular complexity index is 776. The monoisotopic (exact) mass is 356 g/mol. The Morgan fingerprint density at radius 1 is 1.31 bits per heavy atom. The molecular formula is C20H28N4O2. The van der Waals surface area contributed by atoms with Gasteiger partial charge in [-0.2, -0.15) is 5.10 Å². The molecule has 3 heterocycles. The van der Waals surface area contributed by atoms with Crippen LogP contribution >= 0.6 is 0 Å². The molecule has 2 fully saturated rings. The van der Waals surface area contributed by atoms with E-state index in [9.17, 15) is 4.79 Å². The molecule has 6 heteroatoms. The maximum absolute atomic E-state index is 13.0. The first kappa shape index (κ1) is 17.3. The van der Waals surface area contributed by atoms with Gasteiger partial charge in [-0.1, -0.05) is 0 Å². The van der Waals surface area contributed by atoms with E-state index >= 15 is 0 Å². The summed E-state index contributed by atoms with van der Waals surface area (Å²) < 4.78 is 7.56. The first-order valence-corrected chi connectivity index (χ1v) is 9.57. The standard InChI is InChI=1S/C20H28N4O2/c1-22-11-4-5-15(18(22)17-8-10-21-24(17)3)13-23(2)20(25)16-9-12-26-19(16)14-6-7-14/h8-10,12,14-15,18H,4-7,11,13H2,1-3H3/t15-,18+/m0/s1. The lowest BCUT2D eigenvalue weighted by Crippen LogP contribution is -2.43. The number of carbonyl (C=O) groups excluding carboxylic acids is 1. The molecule has 140 valence electrons. The molecule has 1 aliphatic heterocycles. The molecule has 0 aromatic carbocycles. The molecule has 0 bridgehead atoms. The van der Waals surface area contributed by atoms with Gasteiger partial charge in [0.1, 0.15) is 5.76 Å². The predicted octanol–water partition coefficient (Wildman–Crippen LogP) is 3.05. The van der Waals surface area contributed by atoms with Crippen LogP contribution in [0.1, 0.15) is 59.5 Å². The zero-order valence-corrected chi connectivity index (χ0v) is 15.9. The number of amides is 1. The van der Waals surface area contributed by atoms with Gasteiger partial charge in [-0.25, -0.2) is 0 Å². The summed E-state index contributed by atoms with van der Waals surface area (Å²) in [6.45, 7) is 1.83. The van der Waals surface area contributed by atoms with Crippen molar-refractivity contribution in [3.63, 3.8) is 0 Å². The molecule has 1 saturated heterocycles. The number of aromatic nitrogens is 2. The lowest BCUT2D eigenvalue weighted by molar-refractivity contribution is 0.0628. The molecule has 0 spiro atoms. The van der Waals surface area contributed by atoms with Crippen molar-refractivity contribution in [1.82, 2.24) is 19.6 Å². The molecule has 2 atom stereocenters. The van der Waals surface area contributed by atoms with Crippen molar-refractivity contribution in [2.45, 2.75) is 37.6 Å². The van der Waals surface area contributed by atoms with E-state index in [4.69, 9.17) is 4.42 Å². The Hall–Kier alpha value is -2.08. The predicted molar refractivity (Wildman–Crippen MR) is 98.9 cm³/mol. The highest BCUT2D eigenvalue weighted by Gasteiger charge is 2.36. The molecule has 0 radical (unpaired) electrons. The molecule has 6 nitrogen and oxygen atoms in total. The van der Waals surface area contributed by atoms with Crippen LogP contribution in [-0.4, -0.2) is 52.7 Å². The molecule has 4 rings (SSSR count). The highest BCUT2D eigenvalue weighted by Crippen LogP contribution is 2.42. The van der Waals surface area contributed by atoms with Crippen LogP contribution < -0.4 is 0 Å². The molecule has 1 saturated carbocycles. The average Bonchev–Trinajstić information content (AvgIpc) is 3.20. The fraction of sp³-hybridized carbons (Fsp3) is 0.600. The SMILES string of the molecule is CN(C[C@@H]1CCCN(C)[C@H]1c1ccnn1C)C(=O)c1ccoc1C1CC1. The van der Waals surface area contributed by atoms with E-state index in [0.29, 0.717) is 17.9 Å². The number of carbonyl (C=O) groups is 1. The smallest absolute Gasteiger partial charge is 0.257 e. The van der Waals surface area contributed by atoms with Crippen molar-refractivity contribution in [1.29, 1.82) is 0 Å². The topological polar surface area (TPSA) is 54.5 Å². The average molecular weight is 356 g/mol. The molecule has 26 heavy (non-hydrogen) atoms. The molecule has 1 amide bonds. The van der Waals surface area contributed by atoms with Crippen LogP contribution in [0.15, 0.2) is 29.0 Å². The number of rotatable bonds is 5. The fourth-order valence-electron chi connectivity index (χ4n) is 4.39. The number of piperidine rings is 1. The first-order chi connectivity index (χ1) is 12.6. The van der Waals surface area contributed by atoms with Gasteiger partial charge >= 0.3 is 0 Å². The highest BCUT2D eigenvalue weighted by molar-refractivity contribution is 5.95. The summed E-state index contributed by atoms with van der Waals surface area (Å²) in [6, 6.07) is 4.22. The van der Waals surface area contributed by atoms with Gasteiger partial charge in [0, 0.05) is 32.8 Å². The molecule has 0 N–H and O–H groups in total. The van der Waals surface area contributed by atoms with Crippen LogP contribution in [0.3, 0.4) is 0 Å². The molecule has 2 aromatic rings. The number of nitrogens with zero attached hydrogens (tertiary/aromatic N) is 4. The van der Waals surface area contributed by atoms with Crippen molar-refractivity contribution in [3.8, 4) is 0 Å². The minimum Gasteiger partial charge on any atom is -0.468 e. The third kappa shape index (κ3) is 3.18. The zero-order valence-electron chi connectivity index (χ0n) is 15.9. The van der Waals surface area contributed by atoms with Gasteiger partial charge in [-0.15, -0.1) is 0 Å². The fourth-order valence-corrected chi connectivity index (χ4v) is 4.39. The summed E-state index contributed by atoms with van der Waals surface area (Å²) in [5.41, 5.74) is 1.97. The number of furan rings is 1. The van der Waals surface area contributed by atoms with Crippen LogP contribution in [0.2, 0.25) is 0 Å². The van der Waals surface area contributed by atoms with Crippen LogP contribution in [0.25, 0.3) is 0 Å². The van der Waals surface area contributed by atoms with E-state index in [1.165, 1.54) is 5.69 Å². The maximum atomic E-state index is 13.0. The molecule has 2 aliphatic rings. The van der Waals surface area contributed by atoms with Gasteiger partial charge in [0.2, 0.25) is 0 Å². The van der Waals surface area contributed by atoms with Gasteiger partial charge in [0.25, 0.3) is 5.91 Å². The van der Waals surface area contributed by atoms with E-state index in [-0.39, 0.29) is 5.91 Å². The van der Waals surface area contributed by atoms with Crippen molar-refractivity contribution in [2.75, 3.05) is 27.2 Å². The number of hydrogen-bond donors (Lipinski definition) is 0. The summed E-state index contributed by atoms with van der Waals surface area (Å²) in [5, 5.41) is 4.35. The van der Waals surface area contributed by atoms with E-state index in [0.717, 1.165) is 50.1 Å². The van der Waals surface area contributed by atoms with Gasteiger partial charge < -0.3 is 9.32 Å². The van der Waals surface area contributed by atoms with Crippen LogP contribution in [0, 0.1) is 5.92 Å². The summed E-state index contributed by atoms with van der Waals surface area (Å²) >= 11 is 0. The minimum atomic E-state index is 0.0811. The minimum absolute atomic E-state index is 0.0811. The van der Waals surface area contributed by atoms with E-state index in [1.807, 2.05) is 35.9 Å². The second-order valence-corrected chi connectivity index (χ2v) is 7.87. The maximum Gasteiger partial charge on any atom is 0.257 e. The Kier molecular flexibility index (Phi) is 4.61. The normalized spacial score (nSPS) is 24.0. The van der Waals surface area contributed by atoms with Gasteiger partial charge in [-0.05, 0) is 57.3 Å². The van der Waals surface area contributed by atoms with E-state index in [2.05, 4.69) is 23.1 Å². The Balaban J connectivity index is 1.51. The second kappa shape index (κ2) is 6.91. The Labute approximate surface area is 154 Å². The summed E-state index contributed by atoms with van der Waals surface area (Å²) in [5.74, 6) is 1.80. The third-order valence-electron chi connectivity index (χ3n) is 5.90. The van der Waals surface area contributed by atoms with Crippen molar-refractivity contribution in [2.24, 2.45) is 13.0 Å². The van der Waals surface area contributed by atoms with Crippen molar-refractivity contribution >= 4 is 5.91 Å². The summed E-state index contributed by atoms with van der Waals surface area (Å²) in [6.07, 6.45) is 8.06. The Morgan fingerprint density at radius 2 is 2.12 bits per heavy atom. The molecular weight excluding hydrogens is 328 g/mol. The van der Waals surface area contributed by atoms with Crippen LogP contribution in [-0.2, 0) is 7.05 Å². The number of hydrogen-bond acceptors (Lipinski definition) is 4. The highest BCUT2D eigenvalue weighted by atomic mass is 16.3. The Morgan fingerprint density at radius 3 is 2.81 bits per heavy atom. The van der Waals surface area contributed by atoms with E-state index in [1.54, 1.807) is 6.26 Å². The van der Waals surface area contributed by atoms with Crippen LogP contribution in [0.5, 0.6) is 0 Å².